The first-order chi connectivity index (χ1) is 13.5. The molecule has 1 aromatic heterocycles. The average molecular weight is 395 g/mol. The van der Waals surface area contributed by atoms with E-state index in [0.717, 1.165) is 18.7 Å². The van der Waals surface area contributed by atoms with Crippen molar-refractivity contribution in [3.63, 3.8) is 0 Å². The number of nitrogens with one attached hydrogen (secondary N) is 1. The van der Waals surface area contributed by atoms with Gasteiger partial charge in [-0.05, 0) is 24.1 Å². The Bertz CT molecular complexity index is 972. The van der Waals surface area contributed by atoms with E-state index in [2.05, 4.69) is 27.6 Å². The maximum Gasteiger partial charge on any atom is 0.250 e. The largest absolute Gasteiger partial charge is 0.366 e. The second kappa shape index (κ2) is 9.18. The Morgan fingerprint density at radius 1 is 1.04 bits per heavy atom. The molecule has 3 rings (SSSR count). The number of thioether (sulfide) groups is 1. The summed E-state index contributed by atoms with van der Waals surface area (Å²) in [6, 6.07) is 16.8. The van der Waals surface area contributed by atoms with Crippen LogP contribution in [-0.2, 0) is 24.7 Å². The van der Waals surface area contributed by atoms with Gasteiger partial charge in [0.1, 0.15) is 5.82 Å². The van der Waals surface area contributed by atoms with Crippen LogP contribution in [-0.4, -0.2) is 32.3 Å². The van der Waals surface area contributed by atoms with Gasteiger partial charge < -0.3 is 15.6 Å². The molecule has 0 radical (unpaired) electrons. The molecule has 0 saturated heterocycles. The number of hydrogen-bond acceptors (Lipinski definition) is 5. The summed E-state index contributed by atoms with van der Waals surface area (Å²) in [5.74, 6) is 0.191. The number of aryl methyl sites for hydroxylation is 2. The number of nitrogens with zero attached hydrogens (tertiary/aromatic N) is 3. The third kappa shape index (κ3) is 4.98. The fourth-order valence-corrected chi connectivity index (χ4v) is 3.44. The molecule has 8 heteroatoms. The van der Waals surface area contributed by atoms with Gasteiger partial charge in [-0.2, -0.15) is 0 Å². The van der Waals surface area contributed by atoms with E-state index in [-0.39, 0.29) is 17.2 Å². The zero-order valence-corrected chi connectivity index (χ0v) is 16.3. The van der Waals surface area contributed by atoms with Crippen LogP contribution in [0.3, 0.4) is 0 Å². The van der Waals surface area contributed by atoms with Crippen molar-refractivity contribution in [1.29, 1.82) is 0 Å². The Morgan fingerprint density at radius 2 is 1.75 bits per heavy atom. The number of carbonyl (C=O) groups excluding carboxylic acids is 2. The minimum Gasteiger partial charge on any atom is -0.366 e. The van der Waals surface area contributed by atoms with Crippen molar-refractivity contribution in [3.8, 4) is 0 Å². The number of carbonyl (C=O) groups is 2. The summed E-state index contributed by atoms with van der Waals surface area (Å²) in [5, 5.41) is 11.8. The minimum absolute atomic E-state index is 0.151. The lowest BCUT2D eigenvalue weighted by Gasteiger charge is -2.08. The van der Waals surface area contributed by atoms with Gasteiger partial charge in [0.05, 0.1) is 17.0 Å². The highest BCUT2D eigenvalue weighted by atomic mass is 32.2. The molecule has 3 aromatic rings. The molecule has 1 heterocycles. The molecule has 0 saturated carbocycles. The van der Waals surface area contributed by atoms with E-state index in [1.165, 1.54) is 17.3 Å². The summed E-state index contributed by atoms with van der Waals surface area (Å²) in [6.45, 7) is 0. The van der Waals surface area contributed by atoms with Crippen molar-refractivity contribution in [2.75, 3.05) is 11.1 Å². The lowest BCUT2D eigenvalue weighted by Crippen LogP contribution is -2.19. The predicted molar refractivity (Wildman–Crippen MR) is 109 cm³/mol. The molecular weight excluding hydrogens is 374 g/mol. The molecule has 2 amide bonds. The molecular formula is C20H21N5O2S. The third-order valence-electron chi connectivity index (χ3n) is 4.20. The predicted octanol–water partition coefficient (Wildman–Crippen LogP) is 2.43. The van der Waals surface area contributed by atoms with Gasteiger partial charge in [0, 0.05) is 13.5 Å². The van der Waals surface area contributed by atoms with Crippen molar-refractivity contribution in [3.05, 3.63) is 71.5 Å². The van der Waals surface area contributed by atoms with Crippen LogP contribution >= 0.6 is 11.8 Å². The topological polar surface area (TPSA) is 103 Å². The molecule has 0 bridgehead atoms. The van der Waals surface area contributed by atoms with Gasteiger partial charge in [0.25, 0.3) is 5.91 Å². The van der Waals surface area contributed by atoms with E-state index >= 15 is 0 Å². The maximum atomic E-state index is 12.2. The Balaban J connectivity index is 1.56. The standard InChI is InChI=1S/C20H21N5O2S/c1-25-17(12-11-14-7-3-2-4-8-14)23-24-20(25)28-13-18(26)22-16-10-6-5-9-15(16)19(21)27/h2-10H,11-13H2,1H3,(H2,21,27)(H,22,26). The van der Waals surface area contributed by atoms with Crippen molar-refractivity contribution in [2.24, 2.45) is 12.8 Å². The van der Waals surface area contributed by atoms with E-state index < -0.39 is 5.91 Å². The first kappa shape index (κ1) is 19.6. The van der Waals surface area contributed by atoms with Crippen LogP contribution in [0, 0.1) is 0 Å². The summed E-state index contributed by atoms with van der Waals surface area (Å²) in [4.78, 5) is 23.7. The summed E-state index contributed by atoms with van der Waals surface area (Å²) in [6.07, 6.45) is 1.65. The number of amides is 2. The number of benzene rings is 2. The normalized spacial score (nSPS) is 10.6. The number of aromatic nitrogens is 3. The monoisotopic (exact) mass is 395 g/mol. The quantitative estimate of drug-likeness (QED) is 0.570. The van der Waals surface area contributed by atoms with E-state index in [1.807, 2.05) is 29.8 Å². The number of rotatable bonds is 8. The molecule has 0 aliphatic carbocycles. The Labute approximate surface area is 167 Å². The highest BCUT2D eigenvalue weighted by Gasteiger charge is 2.14. The first-order valence-corrected chi connectivity index (χ1v) is 9.77. The zero-order chi connectivity index (χ0) is 19.9. The SMILES string of the molecule is Cn1c(CCc2ccccc2)nnc1SCC(=O)Nc1ccccc1C(N)=O. The second-order valence-electron chi connectivity index (χ2n) is 6.19. The van der Waals surface area contributed by atoms with Crippen molar-refractivity contribution in [2.45, 2.75) is 18.0 Å². The molecule has 2 aromatic carbocycles. The maximum absolute atomic E-state index is 12.2. The van der Waals surface area contributed by atoms with Crippen LogP contribution in [0.1, 0.15) is 21.7 Å². The van der Waals surface area contributed by atoms with Crippen LogP contribution in [0.15, 0.2) is 59.8 Å². The Morgan fingerprint density at radius 3 is 2.50 bits per heavy atom. The van der Waals surface area contributed by atoms with Gasteiger partial charge in [-0.15, -0.1) is 10.2 Å². The molecule has 0 atom stereocenters. The van der Waals surface area contributed by atoms with Gasteiger partial charge in [0.2, 0.25) is 5.91 Å². The van der Waals surface area contributed by atoms with Crippen molar-refractivity contribution >= 4 is 29.3 Å². The van der Waals surface area contributed by atoms with Gasteiger partial charge in [-0.3, -0.25) is 9.59 Å². The summed E-state index contributed by atoms with van der Waals surface area (Å²) in [5.41, 5.74) is 7.26. The molecule has 28 heavy (non-hydrogen) atoms. The van der Waals surface area contributed by atoms with E-state index in [9.17, 15) is 9.59 Å². The van der Waals surface area contributed by atoms with Gasteiger partial charge in [0.15, 0.2) is 5.16 Å². The number of para-hydroxylation sites is 1. The fraction of sp³-hybridized carbons (Fsp3) is 0.200. The first-order valence-electron chi connectivity index (χ1n) is 8.78. The molecule has 0 fully saturated rings. The molecule has 0 aliphatic rings. The molecule has 7 nitrogen and oxygen atoms in total. The molecule has 144 valence electrons. The molecule has 0 unspecified atom stereocenters. The van der Waals surface area contributed by atoms with E-state index in [1.54, 1.807) is 24.3 Å². The van der Waals surface area contributed by atoms with Crippen molar-refractivity contribution in [1.82, 2.24) is 14.8 Å². The minimum atomic E-state index is -0.583. The van der Waals surface area contributed by atoms with Crippen molar-refractivity contribution < 1.29 is 9.59 Å². The Kier molecular flexibility index (Phi) is 6.44. The van der Waals surface area contributed by atoms with E-state index in [4.69, 9.17) is 5.73 Å². The fourth-order valence-electron chi connectivity index (χ4n) is 2.71. The zero-order valence-electron chi connectivity index (χ0n) is 15.5. The second-order valence-corrected chi connectivity index (χ2v) is 7.13. The number of anilines is 1. The highest BCUT2D eigenvalue weighted by Crippen LogP contribution is 2.19. The summed E-state index contributed by atoms with van der Waals surface area (Å²) >= 11 is 1.29. The summed E-state index contributed by atoms with van der Waals surface area (Å²) in [7, 11) is 1.89. The Hall–Kier alpha value is -3.13. The lowest BCUT2D eigenvalue weighted by molar-refractivity contribution is -0.113. The number of nitrogens with two attached hydrogens (primary N) is 1. The smallest absolute Gasteiger partial charge is 0.250 e. The average Bonchev–Trinajstić information content (AvgIpc) is 3.05. The number of primary amides is 1. The van der Waals surface area contributed by atoms with Crippen LogP contribution in [0.2, 0.25) is 0 Å². The van der Waals surface area contributed by atoms with Gasteiger partial charge in [-0.1, -0.05) is 54.2 Å². The highest BCUT2D eigenvalue weighted by molar-refractivity contribution is 7.99. The van der Waals surface area contributed by atoms with Gasteiger partial charge in [-0.25, -0.2) is 0 Å². The molecule has 0 spiro atoms. The van der Waals surface area contributed by atoms with Crippen LogP contribution in [0.4, 0.5) is 5.69 Å². The molecule has 0 aliphatic heterocycles. The third-order valence-corrected chi connectivity index (χ3v) is 5.22. The van der Waals surface area contributed by atoms with E-state index in [0.29, 0.717) is 10.8 Å². The van der Waals surface area contributed by atoms with Crippen LogP contribution in [0.25, 0.3) is 0 Å². The summed E-state index contributed by atoms with van der Waals surface area (Å²) < 4.78 is 1.90. The molecule has 3 N–H and O–H groups in total. The van der Waals surface area contributed by atoms with Crippen LogP contribution < -0.4 is 11.1 Å². The van der Waals surface area contributed by atoms with Gasteiger partial charge >= 0.3 is 0 Å². The lowest BCUT2D eigenvalue weighted by atomic mass is 10.1. The number of hydrogen-bond donors (Lipinski definition) is 2. The van der Waals surface area contributed by atoms with Crippen LogP contribution in [0.5, 0.6) is 0 Å².